The van der Waals surface area contributed by atoms with Crippen molar-refractivity contribution in [2.75, 3.05) is 33.7 Å². The van der Waals surface area contributed by atoms with E-state index in [9.17, 15) is 9.59 Å². The third kappa shape index (κ3) is 4.77. The number of fused-ring (bicyclic) bond motifs is 1. The number of carbonyl (C=O) groups excluding carboxylic acids is 2. The first kappa shape index (κ1) is 19.6. The summed E-state index contributed by atoms with van der Waals surface area (Å²) in [4.78, 5) is 26.7. The minimum atomic E-state index is -0.413. The Kier molecular flexibility index (Phi) is 6.30. The molecule has 1 amide bonds. The number of nitrogens with zero attached hydrogens (tertiary/aromatic N) is 1. The maximum atomic E-state index is 12.8. The van der Waals surface area contributed by atoms with E-state index in [2.05, 4.69) is 5.32 Å². The zero-order chi connectivity index (χ0) is 19.4. The van der Waals surface area contributed by atoms with E-state index in [4.69, 9.17) is 18.9 Å². The molecule has 0 radical (unpaired) electrons. The maximum Gasteiger partial charge on any atom is 0.231 e. The number of Topliss-reactive ketones (excluding diaryl/α,β-unsaturated/α-hetero) is 1. The summed E-state index contributed by atoms with van der Waals surface area (Å²) in [6.07, 6.45) is 0.0915. The van der Waals surface area contributed by atoms with Gasteiger partial charge in [0.2, 0.25) is 12.7 Å². The summed E-state index contributed by atoms with van der Waals surface area (Å²) in [5.74, 6) is 1.06. The summed E-state index contributed by atoms with van der Waals surface area (Å²) >= 11 is 0. The molecule has 2 heterocycles. The first-order valence-electron chi connectivity index (χ1n) is 9.10. The fraction of sp³-hybridized carbons (Fsp3) is 0.579. The van der Waals surface area contributed by atoms with E-state index in [0.29, 0.717) is 36.9 Å². The molecule has 0 spiro atoms. The zero-order valence-electron chi connectivity index (χ0n) is 15.9. The van der Waals surface area contributed by atoms with Gasteiger partial charge in [-0.15, -0.1) is 0 Å². The molecule has 0 aromatic heterocycles. The SMILES string of the molecule is CC(NC(=O)CCOC1COC1)N(C)C(C)C(=O)c1ccc2c(c1)OCO2. The molecule has 0 aliphatic carbocycles. The first-order chi connectivity index (χ1) is 13.0. The van der Waals surface area contributed by atoms with Crippen LogP contribution in [-0.2, 0) is 14.3 Å². The molecule has 8 heteroatoms. The van der Waals surface area contributed by atoms with Gasteiger partial charge in [-0.05, 0) is 39.1 Å². The highest BCUT2D eigenvalue weighted by atomic mass is 16.7. The van der Waals surface area contributed by atoms with Crippen molar-refractivity contribution in [3.63, 3.8) is 0 Å². The summed E-state index contributed by atoms with van der Waals surface area (Å²) < 4.78 is 21.1. The molecular formula is C19H26N2O6. The van der Waals surface area contributed by atoms with E-state index in [1.807, 2.05) is 25.8 Å². The molecule has 8 nitrogen and oxygen atoms in total. The highest BCUT2D eigenvalue weighted by Gasteiger charge is 2.26. The number of benzene rings is 1. The molecule has 0 bridgehead atoms. The van der Waals surface area contributed by atoms with Crippen molar-refractivity contribution in [2.24, 2.45) is 0 Å². The third-order valence-electron chi connectivity index (χ3n) is 4.92. The Morgan fingerprint density at radius 3 is 2.70 bits per heavy atom. The summed E-state index contributed by atoms with van der Waals surface area (Å²) in [5.41, 5.74) is 0.549. The topological polar surface area (TPSA) is 86.3 Å². The van der Waals surface area contributed by atoms with Crippen molar-refractivity contribution in [2.45, 2.75) is 38.6 Å². The monoisotopic (exact) mass is 378 g/mol. The Morgan fingerprint density at radius 1 is 1.26 bits per heavy atom. The Labute approximate surface area is 158 Å². The molecule has 148 valence electrons. The molecule has 1 aromatic carbocycles. The number of nitrogens with one attached hydrogen (secondary N) is 1. The van der Waals surface area contributed by atoms with Gasteiger partial charge in [-0.1, -0.05) is 0 Å². The van der Waals surface area contributed by atoms with Gasteiger partial charge in [-0.25, -0.2) is 0 Å². The van der Waals surface area contributed by atoms with Crippen LogP contribution in [0.5, 0.6) is 11.5 Å². The molecule has 3 rings (SSSR count). The molecular weight excluding hydrogens is 352 g/mol. The fourth-order valence-electron chi connectivity index (χ4n) is 2.85. The van der Waals surface area contributed by atoms with Crippen LogP contribution in [0, 0.1) is 0 Å². The molecule has 0 saturated carbocycles. The Balaban J connectivity index is 1.48. The standard InChI is InChI=1S/C19H26N2O6/c1-12(19(23)14-4-5-16-17(8-14)27-11-26-16)21(3)13(2)20-18(22)6-7-25-15-9-24-10-15/h4-5,8,12-13,15H,6-7,9-11H2,1-3H3,(H,20,22). The van der Waals surface area contributed by atoms with Crippen LogP contribution in [0.15, 0.2) is 18.2 Å². The fourth-order valence-corrected chi connectivity index (χ4v) is 2.85. The van der Waals surface area contributed by atoms with Crippen LogP contribution in [0.3, 0.4) is 0 Å². The summed E-state index contributed by atoms with van der Waals surface area (Å²) in [7, 11) is 1.81. The predicted octanol–water partition coefficient (Wildman–Crippen LogP) is 1.19. The first-order valence-corrected chi connectivity index (χ1v) is 9.10. The molecule has 1 fully saturated rings. The van der Waals surface area contributed by atoms with Crippen molar-refractivity contribution in [3.8, 4) is 11.5 Å². The van der Waals surface area contributed by atoms with Crippen molar-refractivity contribution < 1.29 is 28.5 Å². The molecule has 1 N–H and O–H groups in total. The lowest BCUT2D eigenvalue weighted by Crippen LogP contribution is -2.50. The molecule has 2 unspecified atom stereocenters. The van der Waals surface area contributed by atoms with Crippen LogP contribution in [0.2, 0.25) is 0 Å². The number of ketones is 1. The van der Waals surface area contributed by atoms with Crippen molar-refractivity contribution in [3.05, 3.63) is 23.8 Å². The minimum absolute atomic E-state index is 0.0507. The van der Waals surface area contributed by atoms with Crippen molar-refractivity contribution >= 4 is 11.7 Å². The molecule has 2 aliphatic heterocycles. The maximum absolute atomic E-state index is 12.8. The average molecular weight is 378 g/mol. The second-order valence-electron chi connectivity index (χ2n) is 6.80. The van der Waals surface area contributed by atoms with Crippen LogP contribution < -0.4 is 14.8 Å². The number of carbonyl (C=O) groups is 2. The van der Waals surface area contributed by atoms with E-state index in [1.165, 1.54) is 0 Å². The van der Waals surface area contributed by atoms with Gasteiger partial charge in [0.25, 0.3) is 0 Å². The Morgan fingerprint density at radius 2 is 2.00 bits per heavy atom. The van der Waals surface area contributed by atoms with Crippen LogP contribution in [0.1, 0.15) is 30.6 Å². The lowest BCUT2D eigenvalue weighted by Gasteiger charge is -2.30. The molecule has 2 aliphatic rings. The Hall–Kier alpha value is -2.16. The van der Waals surface area contributed by atoms with Crippen LogP contribution in [0.4, 0.5) is 0 Å². The molecule has 1 saturated heterocycles. The van der Waals surface area contributed by atoms with Gasteiger partial charge in [0.15, 0.2) is 17.3 Å². The second-order valence-corrected chi connectivity index (χ2v) is 6.80. The van der Waals surface area contributed by atoms with Crippen LogP contribution >= 0.6 is 0 Å². The quantitative estimate of drug-likeness (QED) is 0.510. The number of rotatable bonds is 9. The number of amides is 1. The van der Waals surface area contributed by atoms with Crippen molar-refractivity contribution in [1.29, 1.82) is 0 Å². The van der Waals surface area contributed by atoms with Gasteiger partial charge in [0, 0.05) is 5.56 Å². The molecule has 1 aromatic rings. The normalized spacial score (nSPS) is 18.1. The van der Waals surface area contributed by atoms with Gasteiger partial charge in [0.1, 0.15) is 6.10 Å². The van der Waals surface area contributed by atoms with Gasteiger partial charge in [0.05, 0.1) is 38.4 Å². The Bertz CT molecular complexity index is 691. The van der Waals surface area contributed by atoms with Crippen LogP contribution in [-0.4, -0.2) is 68.6 Å². The van der Waals surface area contributed by atoms with E-state index >= 15 is 0 Å². The van der Waals surface area contributed by atoms with E-state index < -0.39 is 6.04 Å². The number of hydrogen-bond donors (Lipinski definition) is 1. The zero-order valence-corrected chi connectivity index (χ0v) is 15.9. The number of likely N-dealkylation sites (N-methyl/N-ethyl adjacent to an activating group) is 1. The van der Waals surface area contributed by atoms with Gasteiger partial charge in [-0.2, -0.15) is 0 Å². The molecule has 27 heavy (non-hydrogen) atoms. The largest absolute Gasteiger partial charge is 0.454 e. The van der Waals surface area contributed by atoms with Gasteiger partial charge in [-0.3, -0.25) is 14.5 Å². The highest BCUT2D eigenvalue weighted by molar-refractivity contribution is 6.00. The predicted molar refractivity (Wildman–Crippen MR) is 96.9 cm³/mol. The summed E-state index contributed by atoms with van der Waals surface area (Å²) in [5, 5.41) is 2.90. The summed E-state index contributed by atoms with van der Waals surface area (Å²) in [6.45, 7) is 5.39. The second kappa shape index (κ2) is 8.69. The average Bonchev–Trinajstić information content (AvgIpc) is 3.09. The number of hydrogen-bond acceptors (Lipinski definition) is 7. The van der Waals surface area contributed by atoms with Crippen molar-refractivity contribution in [1.82, 2.24) is 10.2 Å². The lowest BCUT2D eigenvalue weighted by atomic mass is 10.0. The minimum Gasteiger partial charge on any atom is -0.454 e. The summed E-state index contributed by atoms with van der Waals surface area (Å²) in [6, 6.07) is 4.75. The molecule has 2 atom stereocenters. The van der Waals surface area contributed by atoms with E-state index in [1.54, 1.807) is 18.2 Å². The highest BCUT2D eigenvalue weighted by Crippen LogP contribution is 2.33. The van der Waals surface area contributed by atoms with E-state index in [0.717, 1.165) is 0 Å². The van der Waals surface area contributed by atoms with E-state index in [-0.39, 0.29) is 37.2 Å². The van der Waals surface area contributed by atoms with Gasteiger partial charge < -0.3 is 24.3 Å². The van der Waals surface area contributed by atoms with Gasteiger partial charge >= 0.3 is 0 Å². The third-order valence-corrected chi connectivity index (χ3v) is 4.92. The lowest BCUT2D eigenvalue weighted by molar-refractivity contribution is -0.138. The number of ether oxygens (including phenoxy) is 4. The smallest absolute Gasteiger partial charge is 0.231 e. The van der Waals surface area contributed by atoms with Crippen LogP contribution in [0.25, 0.3) is 0 Å².